The van der Waals surface area contributed by atoms with Crippen LogP contribution in [0.3, 0.4) is 0 Å². The van der Waals surface area contributed by atoms with Crippen LogP contribution in [0.5, 0.6) is 5.75 Å². The number of ether oxygens (including phenoxy) is 1. The van der Waals surface area contributed by atoms with Crippen molar-refractivity contribution in [3.8, 4) is 5.75 Å². The maximum absolute atomic E-state index is 12.2. The fourth-order valence-electron chi connectivity index (χ4n) is 2.86. The highest BCUT2D eigenvalue weighted by molar-refractivity contribution is 8.00. The van der Waals surface area contributed by atoms with Gasteiger partial charge in [-0.2, -0.15) is 0 Å². The Labute approximate surface area is 134 Å². The van der Waals surface area contributed by atoms with Crippen LogP contribution in [0.2, 0.25) is 0 Å². The van der Waals surface area contributed by atoms with Crippen LogP contribution in [0.4, 0.5) is 0 Å². The summed E-state index contributed by atoms with van der Waals surface area (Å²) < 4.78 is 5.46. The number of benzene rings is 2. The van der Waals surface area contributed by atoms with Crippen molar-refractivity contribution in [1.29, 1.82) is 0 Å². The third-order valence-electron chi connectivity index (χ3n) is 3.81. The smallest absolute Gasteiger partial charge is 0.234 e. The first-order chi connectivity index (χ1) is 10.6. The highest BCUT2D eigenvalue weighted by atomic mass is 32.2. The minimum absolute atomic E-state index is 0.0417. The van der Waals surface area contributed by atoms with Crippen LogP contribution < -0.4 is 4.74 Å². The van der Waals surface area contributed by atoms with Crippen LogP contribution in [0.25, 0.3) is 10.8 Å². The number of methoxy groups -OCH3 is 1. The Morgan fingerprint density at radius 1 is 1.32 bits per heavy atom. The second kappa shape index (κ2) is 6.05. The minimum Gasteiger partial charge on any atom is -0.496 e. The average molecular weight is 313 g/mol. The number of fused-ring (bicyclic) bond motifs is 1. The molecule has 3 rings (SSSR count). The molecule has 1 amide bonds. The quantitative estimate of drug-likeness (QED) is 0.799. The Morgan fingerprint density at radius 3 is 2.73 bits per heavy atom. The molecule has 1 aliphatic rings. The van der Waals surface area contributed by atoms with E-state index in [4.69, 9.17) is 4.74 Å². The molecule has 0 N–H and O–H groups in total. The molecule has 114 valence electrons. The molecule has 0 bridgehead atoms. The van der Waals surface area contributed by atoms with Crippen molar-refractivity contribution in [3.05, 3.63) is 54.1 Å². The predicted molar refractivity (Wildman–Crippen MR) is 92.2 cm³/mol. The van der Waals surface area contributed by atoms with Crippen molar-refractivity contribution >= 4 is 28.4 Å². The largest absolute Gasteiger partial charge is 0.496 e. The molecule has 1 atom stereocenters. The number of amides is 1. The maximum Gasteiger partial charge on any atom is 0.234 e. The molecule has 2 aromatic rings. The van der Waals surface area contributed by atoms with Crippen molar-refractivity contribution < 1.29 is 9.53 Å². The fourth-order valence-corrected chi connectivity index (χ4v) is 4.08. The van der Waals surface area contributed by atoms with Gasteiger partial charge in [0.05, 0.1) is 12.9 Å². The highest BCUT2D eigenvalue weighted by Gasteiger charge is 2.33. The SMILES string of the molecule is C=C(C)CN1C(=O)CSC1c1ccc(OC)c2ccccc12. The van der Waals surface area contributed by atoms with Gasteiger partial charge in [-0.1, -0.05) is 42.5 Å². The molecule has 22 heavy (non-hydrogen) atoms. The van der Waals surface area contributed by atoms with Crippen LogP contribution in [0.1, 0.15) is 17.9 Å². The fraction of sp³-hybridized carbons (Fsp3) is 0.278. The molecule has 0 spiro atoms. The summed E-state index contributed by atoms with van der Waals surface area (Å²) in [7, 11) is 1.68. The first kappa shape index (κ1) is 15.0. The zero-order chi connectivity index (χ0) is 15.7. The third-order valence-corrected chi connectivity index (χ3v) is 5.05. The molecular weight excluding hydrogens is 294 g/mol. The number of rotatable bonds is 4. The number of carbonyl (C=O) groups excluding carboxylic acids is 1. The molecule has 0 saturated carbocycles. The lowest BCUT2D eigenvalue weighted by Crippen LogP contribution is -2.29. The third kappa shape index (κ3) is 2.59. The molecule has 1 fully saturated rings. The maximum atomic E-state index is 12.2. The van der Waals surface area contributed by atoms with Gasteiger partial charge in [0.15, 0.2) is 0 Å². The zero-order valence-corrected chi connectivity index (χ0v) is 13.7. The Balaban J connectivity index is 2.10. The molecule has 0 aromatic heterocycles. The monoisotopic (exact) mass is 313 g/mol. The summed E-state index contributed by atoms with van der Waals surface area (Å²) in [5, 5.41) is 2.26. The van der Waals surface area contributed by atoms with E-state index in [1.54, 1.807) is 18.9 Å². The Hall–Kier alpha value is -1.94. The van der Waals surface area contributed by atoms with Gasteiger partial charge < -0.3 is 9.64 Å². The Morgan fingerprint density at radius 2 is 2.05 bits per heavy atom. The van der Waals surface area contributed by atoms with Crippen LogP contribution >= 0.6 is 11.8 Å². The van der Waals surface area contributed by atoms with E-state index in [0.29, 0.717) is 12.3 Å². The predicted octanol–water partition coefficient (Wildman–Crippen LogP) is 4.00. The molecule has 2 aromatic carbocycles. The van der Waals surface area contributed by atoms with Gasteiger partial charge in [-0.3, -0.25) is 4.79 Å². The van der Waals surface area contributed by atoms with Crippen molar-refractivity contribution in [2.24, 2.45) is 0 Å². The average Bonchev–Trinajstić information content (AvgIpc) is 2.86. The topological polar surface area (TPSA) is 29.5 Å². The van der Waals surface area contributed by atoms with E-state index in [-0.39, 0.29) is 11.3 Å². The molecule has 0 aliphatic carbocycles. The van der Waals surface area contributed by atoms with Gasteiger partial charge in [0.25, 0.3) is 0 Å². The van der Waals surface area contributed by atoms with E-state index in [9.17, 15) is 4.79 Å². The standard InChI is InChI=1S/C18H19NO2S/c1-12(2)10-19-17(20)11-22-18(19)15-8-9-16(21-3)14-7-5-4-6-13(14)15/h4-9,18H,1,10-11H2,2-3H3. The van der Waals surface area contributed by atoms with E-state index in [1.165, 1.54) is 0 Å². The second-order valence-corrected chi connectivity index (χ2v) is 6.61. The van der Waals surface area contributed by atoms with Gasteiger partial charge in [-0.15, -0.1) is 11.8 Å². The van der Waals surface area contributed by atoms with Gasteiger partial charge in [-0.25, -0.2) is 0 Å². The number of carbonyl (C=O) groups is 1. The summed E-state index contributed by atoms with van der Waals surface area (Å²) in [5.74, 6) is 1.57. The summed E-state index contributed by atoms with van der Waals surface area (Å²) in [5.41, 5.74) is 2.16. The number of hydrogen-bond acceptors (Lipinski definition) is 3. The zero-order valence-electron chi connectivity index (χ0n) is 12.8. The molecule has 1 saturated heterocycles. The summed E-state index contributed by atoms with van der Waals surface area (Å²) >= 11 is 1.68. The van der Waals surface area contributed by atoms with Crippen LogP contribution in [0, 0.1) is 0 Å². The van der Waals surface area contributed by atoms with Gasteiger partial charge in [-0.05, 0) is 23.9 Å². The molecule has 1 unspecified atom stereocenters. The summed E-state index contributed by atoms with van der Waals surface area (Å²) in [6.07, 6.45) is 0. The number of nitrogens with zero attached hydrogens (tertiary/aromatic N) is 1. The van der Waals surface area contributed by atoms with Gasteiger partial charge in [0.1, 0.15) is 11.1 Å². The molecule has 3 nitrogen and oxygen atoms in total. The lowest BCUT2D eigenvalue weighted by molar-refractivity contribution is -0.127. The second-order valence-electron chi connectivity index (χ2n) is 5.54. The number of thioether (sulfide) groups is 1. The van der Waals surface area contributed by atoms with Crippen LogP contribution in [0.15, 0.2) is 48.6 Å². The molecule has 4 heteroatoms. The van der Waals surface area contributed by atoms with Gasteiger partial charge in [0, 0.05) is 11.9 Å². The molecule has 0 radical (unpaired) electrons. The van der Waals surface area contributed by atoms with E-state index >= 15 is 0 Å². The van der Waals surface area contributed by atoms with Crippen LogP contribution in [-0.2, 0) is 4.79 Å². The van der Waals surface area contributed by atoms with Gasteiger partial charge >= 0.3 is 0 Å². The van der Waals surface area contributed by atoms with Crippen molar-refractivity contribution in [2.75, 3.05) is 19.4 Å². The first-order valence-electron chi connectivity index (χ1n) is 7.23. The first-order valence-corrected chi connectivity index (χ1v) is 8.28. The highest BCUT2D eigenvalue weighted by Crippen LogP contribution is 2.43. The summed E-state index contributed by atoms with van der Waals surface area (Å²) in [4.78, 5) is 14.1. The Bertz CT molecular complexity index is 741. The van der Waals surface area contributed by atoms with Gasteiger partial charge in [0.2, 0.25) is 5.91 Å². The summed E-state index contributed by atoms with van der Waals surface area (Å²) in [6, 6.07) is 12.2. The number of hydrogen-bond donors (Lipinski definition) is 0. The van der Waals surface area contributed by atoms with E-state index in [2.05, 4.69) is 24.8 Å². The van der Waals surface area contributed by atoms with Crippen molar-refractivity contribution in [2.45, 2.75) is 12.3 Å². The van der Waals surface area contributed by atoms with Crippen LogP contribution in [-0.4, -0.2) is 30.2 Å². The minimum atomic E-state index is 0.0417. The molecule has 1 heterocycles. The molecular formula is C18H19NO2S. The van der Waals surface area contributed by atoms with E-state index < -0.39 is 0 Å². The van der Waals surface area contributed by atoms with E-state index in [1.807, 2.05) is 30.0 Å². The lowest BCUT2D eigenvalue weighted by Gasteiger charge is -2.25. The van der Waals surface area contributed by atoms with E-state index in [0.717, 1.165) is 27.7 Å². The summed E-state index contributed by atoms with van der Waals surface area (Å²) in [6.45, 7) is 6.51. The lowest BCUT2D eigenvalue weighted by atomic mass is 10.0. The van der Waals surface area contributed by atoms with Crippen molar-refractivity contribution in [1.82, 2.24) is 4.90 Å². The van der Waals surface area contributed by atoms with Crippen molar-refractivity contribution in [3.63, 3.8) is 0 Å². The normalized spacial score (nSPS) is 18.0. The Kier molecular flexibility index (Phi) is 4.12. The molecule has 1 aliphatic heterocycles.